The Morgan fingerprint density at radius 1 is 0.966 bits per heavy atom. The molecule has 16 nitrogen and oxygen atoms in total. The molecule has 0 aliphatic carbocycles. The molecule has 3 fully saturated rings. The van der Waals surface area contributed by atoms with E-state index in [4.69, 9.17) is 33.5 Å². The third kappa shape index (κ3) is 12.3. The van der Waals surface area contributed by atoms with E-state index in [1.807, 2.05) is 37.7 Å². The third-order valence-electron chi connectivity index (χ3n) is 13.3. The molecule has 18 atom stereocenters. The topological polar surface area (TPSA) is 217 Å². The van der Waals surface area contributed by atoms with E-state index in [2.05, 4.69) is 0 Å². The molecule has 58 heavy (non-hydrogen) atoms. The van der Waals surface area contributed by atoms with Crippen LogP contribution in [0.15, 0.2) is 0 Å². The van der Waals surface area contributed by atoms with Crippen LogP contribution in [0.25, 0.3) is 0 Å². The number of ether oxygens (including phenoxy) is 6. The maximum absolute atomic E-state index is 14.3. The van der Waals surface area contributed by atoms with Crippen molar-refractivity contribution < 1.29 is 68.6 Å². The Hall–Kier alpha value is -1.54. The molecule has 0 aromatic heterocycles. The average molecular weight is 835 g/mol. The molecule has 3 rings (SSSR count). The number of aliphatic carboxylic acids is 1. The Morgan fingerprint density at radius 3 is 2.19 bits per heavy atom. The minimum atomic E-state index is -1.83. The fraction of sp³-hybridized carbons (Fsp3) is 0.952. The van der Waals surface area contributed by atoms with E-state index >= 15 is 0 Å². The van der Waals surface area contributed by atoms with Crippen LogP contribution in [0.2, 0.25) is 0 Å². The highest BCUT2D eigenvalue weighted by Crippen LogP contribution is 2.40. The summed E-state index contributed by atoms with van der Waals surface area (Å²) in [4.78, 5) is 29.3. The Balaban J connectivity index is 2.13. The van der Waals surface area contributed by atoms with Crippen molar-refractivity contribution in [2.24, 2.45) is 17.8 Å². The summed E-state index contributed by atoms with van der Waals surface area (Å²) in [6, 6.07) is -0.975. The van der Waals surface area contributed by atoms with Crippen LogP contribution in [0.5, 0.6) is 0 Å². The second-order valence-corrected chi connectivity index (χ2v) is 18.5. The van der Waals surface area contributed by atoms with Gasteiger partial charge in [0, 0.05) is 44.5 Å². The number of hydrogen-bond acceptors (Lipinski definition) is 15. The highest BCUT2D eigenvalue weighted by Gasteiger charge is 2.52. The van der Waals surface area contributed by atoms with Gasteiger partial charge in [-0.05, 0) is 107 Å². The molecule has 0 amide bonds. The van der Waals surface area contributed by atoms with Crippen molar-refractivity contribution in [3.8, 4) is 0 Å². The van der Waals surface area contributed by atoms with Crippen LogP contribution in [0.1, 0.15) is 114 Å². The summed E-state index contributed by atoms with van der Waals surface area (Å²) < 4.78 is 37.8. The largest absolute Gasteiger partial charge is 0.481 e. The van der Waals surface area contributed by atoms with Crippen LogP contribution in [-0.2, 0) is 38.0 Å². The van der Waals surface area contributed by atoms with Gasteiger partial charge in [-0.3, -0.25) is 9.59 Å². The van der Waals surface area contributed by atoms with Gasteiger partial charge in [-0.2, -0.15) is 0 Å². The SMILES string of the molecule is CC[C@H]1OC(=O)[C@H](C)[C@@H](O[C@H]2C[C@@](C)(OC)[C@@H](O)[C@H](C)O2)[C@H](C)[C@@H](O[C@@H]2O[C@H](C)C[C@H](N(C)CCCCC(=O)O)[C@H]2O)[C@](C)(O)C[C@@H](C)CN(C)[C@H](C)[C@@H](O)[C@]1(C)O. The van der Waals surface area contributed by atoms with Gasteiger partial charge in [0.1, 0.15) is 30.0 Å². The summed E-state index contributed by atoms with van der Waals surface area (Å²) in [5, 5.41) is 67.9. The van der Waals surface area contributed by atoms with E-state index in [-0.39, 0.29) is 37.7 Å². The number of nitrogens with zero attached hydrogens (tertiary/aromatic N) is 2. The standard InChI is InChI=1S/C42H78N2O14/c1-14-30-42(10,52)35(48)27(6)44(12)22-23(2)20-40(8,51)37(58-39-33(47)29(19-24(3)54-39)43(11)18-16-15-17-31(45)46)25(4)34(26(5)38(50)56-30)57-32-21-41(9,53-13)36(49)28(7)55-32/h23-30,32-37,39,47-49,51-52H,14-22H2,1-13H3,(H,45,46)/t23-,24-,25+,26-,27-,28+,29+,30-,32+,33-,34+,35-,36+,37-,39+,40-,41-,42-/m1/s1. The lowest BCUT2D eigenvalue weighted by Gasteiger charge is -2.49. The van der Waals surface area contributed by atoms with Gasteiger partial charge in [0.05, 0.1) is 41.5 Å². The first kappa shape index (κ1) is 50.8. The van der Waals surface area contributed by atoms with Gasteiger partial charge in [0.25, 0.3) is 0 Å². The van der Waals surface area contributed by atoms with Crippen molar-refractivity contribution in [1.29, 1.82) is 0 Å². The van der Waals surface area contributed by atoms with Crippen molar-refractivity contribution in [1.82, 2.24) is 9.80 Å². The lowest BCUT2D eigenvalue weighted by Crippen LogP contribution is -2.60. The van der Waals surface area contributed by atoms with Gasteiger partial charge in [-0.1, -0.05) is 20.8 Å². The highest BCUT2D eigenvalue weighted by molar-refractivity contribution is 5.73. The van der Waals surface area contributed by atoms with Gasteiger partial charge < -0.3 is 68.9 Å². The zero-order valence-corrected chi connectivity index (χ0v) is 37.4. The normalized spacial score (nSPS) is 45.6. The molecule has 0 aromatic carbocycles. The van der Waals surface area contributed by atoms with Crippen molar-refractivity contribution in [2.75, 3.05) is 34.3 Å². The van der Waals surface area contributed by atoms with Crippen molar-refractivity contribution in [3.63, 3.8) is 0 Å². The number of cyclic esters (lactones) is 1. The number of rotatable bonds is 12. The second-order valence-electron chi connectivity index (χ2n) is 18.5. The number of aliphatic hydroxyl groups is 5. The number of methoxy groups -OCH3 is 1. The van der Waals surface area contributed by atoms with E-state index in [9.17, 15) is 35.1 Å². The van der Waals surface area contributed by atoms with E-state index in [1.54, 1.807) is 48.5 Å². The van der Waals surface area contributed by atoms with Gasteiger partial charge in [0.2, 0.25) is 0 Å². The number of carbonyl (C=O) groups is 2. The molecule has 340 valence electrons. The monoisotopic (exact) mass is 835 g/mol. The number of aliphatic hydroxyl groups excluding tert-OH is 3. The average Bonchev–Trinajstić information content (AvgIpc) is 3.14. The lowest BCUT2D eigenvalue weighted by molar-refractivity contribution is -0.318. The molecule has 3 saturated heterocycles. The molecule has 3 aliphatic heterocycles. The number of hydrogen-bond donors (Lipinski definition) is 6. The maximum Gasteiger partial charge on any atom is 0.311 e. The van der Waals surface area contributed by atoms with E-state index in [1.165, 1.54) is 14.0 Å². The summed E-state index contributed by atoms with van der Waals surface area (Å²) in [6.07, 6.45) is -7.82. The van der Waals surface area contributed by atoms with Crippen molar-refractivity contribution >= 4 is 11.9 Å². The number of carboxylic acid groups (broad SMARTS) is 1. The highest BCUT2D eigenvalue weighted by atomic mass is 16.7. The van der Waals surface area contributed by atoms with Gasteiger partial charge in [-0.25, -0.2) is 0 Å². The van der Waals surface area contributed by atoms with Gasteiger partial charge in [-0.15, -0.1) is 0 Å². The molecule has 3 heterocycles. The maximum atomic E-state index is 14.3. The molecule has 0 unspecified atom stereocenters. The summed E-state index contributed by atoms with van der Waals surface area (Å²) >= 11 is 0. The number of unbranched alkanes of at least 4 members (excludes halogenated alkanes) is 1. The van der Waals surface area contributed by atoms with Crippen molar-refractivity contribution in [2.45, 2.75) is 204 Å². The van der Waals surface area contributed by atoms with Gasteiger partial charge >= 0.3 is 11.9 Å². The first-order chi connectivity index (χ1) is 26.8. The molecular weight excluding hydrogens is 756 g/mol. The number of esters is 1. The Bertz CT molecular complexity index is 1310. The molecule has 0 bridgehead atoms. The second kappa shape index (κ2) is 21.0. The molecule has 0 radical (unpaired) electrons. The predicted octanol–water partition coefficient (Wildman–Crippen LogP) is 2.53. The van der Waals surface area contributed by atoms with Crippen LogP contribution in [0, 0.1) is 17.8 Å². The third-order valence-corrected chi connectivity index (χ3v) is 13.3. The summed E-state index contributed by atoms with van der Waals surface area (Å²) in [5.74, 6) is -3.63. The number of carboxylic acids is 1. The van der Waals surface area contributed by atoms with Crippen LogP contribution < -0.4 is 0 Å². The molecular formula is C42H78N2O14. The number of carbonyl (C=O) groups excluding carboxylic acids is 1. The zero-order valence-electron chi connectivity index (χ0n) is 37.4. The van der Waals surface area contributed by atoms with Crippen LogP contribution in [-0.4, -0.2) is 177 Å². The van der Waals surface area contributed by atoms with E-state index in [0.29, 0.717) is 32.4 Å². The van der Waals surface area contributed by atoms with E-state index < -0.39 is 108 Å². The lowest BCUT2D eigenvalue weighted by atomic mass is 9.77. The molecule has 3 aliphatic rings. The van der Waals surface area contributed by atoms with Crippen molar-refractivity contribution in [3.05, 3.63) is 0 Å². The minimum Gasteiger partial charge on any atom is -0.481 e. The fourth-order valence-corrected chi connectivity index (χ4v) is 9.46. The summed E-state index contributed by atoms with van der Waals surface area (Å²) in [5.41, 5.74) is -4.50. The summed E-state index contributed by atoms with van der Waals surface area (Å²) in [6.45, 7) is 18.4. The Morgan fingerprint density at radius 2 is 1.60 bits per heavy atom. The van der Waals surface area contributed by atoms with Crippen LogP contribution in [0.4, 0.5) is 0 Å². The zero-order chi connectivity index (χ0) is 44.1. The smallest absolute Gasteiger partial charge is 0.311 e. The van der Waals surface area contributed by atoms with Crippen LogP contribution in [0.3, 0.4) is 0 Å². The molecule has 0 saturated carbocycles. The van der Waals surface area contributed by atoms with Crippen LogP contribution >= 0.6 is 0 Å². The molecule has 6 N–H and O–H groups in total. The first-order valence-electron chi connectivity index (χ1n) is 21.3. The first-order valence-corrected chi connectivity index (χ1v) is 21.3. The molecule has 0 spiro atoms. The van der Waals surface area contributed by atoms with Gasteiger partial charge in [0.15, 0.2) is 12.6 Å². The summed E-state index contributed by atoms with van der Waals surface area (Å²) in [7, 11) is 5.19. The molecule has 16 heteroatoms. The number of likely N-dealkylation sites (N-methyl/N-ethyl adjacent to an activating group) is 2. The quantitative estimate of drug-likeness (QED) is 0.123. The van der Waals surface area contributed by atoms with E-state index in [0.717, 1.165) is 0 Å². The molecule has 0 aromatic rings. The fourth-order valence-electron chi connectivity index (χ4n) is 9.46. The predicted molar refractivity (Wildman–Crippen MR) is 215 cm³/mol. The Kier molecular flexibility index (Phi) is 18.4. The minimum absolute atomic E-state index is 0.0540. The Labute approximate surface area is 346 Å².